The molecule has 2 aromatic carbocycles. The van der Waals surface area contributed by atoms with Crippen LogP contribution < -0.4 is 4.74 Å². The molecule has 4 aromatic rings. The molecule has 0 unspecified atom stereocenters. The largest absolute Gasteiger partial charge is 0.484 e. The van der Waals surface area contributed by atoms with E-state index in [1.54, 1.807) is 23.0 Å². The molecule has 0 aliphatic heterocycles. The van der Waals surface area contributed by atoms with Crippen molar-refractivity contribution in [3.05, 3.63) is 76.4 Å². The number of halogens is 3. The quantitative estimate of drug-likeness (QED) is 0.309. The summed E-state index contributed by atoms with van der Waals surface area (Å²) in [4.78, 5) is 16.9. The Labute approximate surface area is 196 Å². The Hall–Kier alpha value is -3.84. The number of carbonyl (C=O) groups is 1. The van der Waals surface area contributed by atoms with Crippen LogP contribution in [-0.4, -0.2) is 22.6 Å². The second kappa shape index (κ2) is 9.19. The maximum atomic E-state index is 13.5. The first kappa shape index (κ1) is 23.3. The second-order valence-electron chi connectivity index (χ2n) is 7.39. The zero-order valence-corrected chi connectivity index (χ0v) is 18.9. The van der Waals surface area contributed by atoms with Crippen molar-refractivity contribution in [1.29, 1.82) is 5.26 Å². The van der Waals surface area contributed by atoms with E-state index in [1.165, 1.54) is 32.2 Å². The summed E-state index contributed by atoms with van der Waals surface area (Å²) in [6.07, 6.45) is -3.75. The first-order chi connectivity index (χ1) is 16.2. The monoisotopic (exact) mass is 485 g/mol. The van der Waals surface area contributed by atoms with Crippen LogP contribution in [0.4, 0.5) is 13.2 Å². The molecule has 0 bridgehead atoms. The van der Waals surface area contributed by atoms with Crippen molar-refractivity contribution in [3.63, 3.8) is 0 Å². The van der Waals surface area contributed by atoms with E-state index in [-0.39, 0.29) is 22.6 Å². The number of rotatable bonds is 6. The molecule has 0 aliphatic rings. The molecular formula is C24H18F3N3O3S. The number of alkyl halides is 3. The Balaban J connectivity index is 1.75. The van der Waals surface area contributed by atoms with Gasteiger partial charge < -0.3 is 9.47 Å². The molecule has 0 radical (unpaired) electrons. The third kappa shape index (κ3) is 4.47. The van der Waals surface area contributed by atoms with Gasteiger partial charge in [-0.25, -0.2) is 9.78 Å². The molecule has 0 amide bonds. The van der Waals surface area contributed by atoms with Crippen molar-refractivity contribution < 1.29 is 27.4 Å². The average Bonchev–Trinajstić information content (AvgIpc) is 3.42. The van der Waals surface area contributed by atoms with E-state index in [0.717, 1.165) is 23.0 Å². The number of nitriles is 1. The highest BCUT2D eigenvalue weighted by Gasteiger charge is 2.35. The van der Waals surface area contributed by atoms with Gasteiger partial charge in [-0.15, -0.1) is 11.3 Å². The molecule has 174 valence electrons. The maximum absolute atomic E-state index is 13.5. The lowest BCUT2D eigenvalue weighted by Gasteiger charge is -2.19. The summed E-state index contributed by atoms with van der Waals surface area (Å²) in [5.41, 5.74) is 1.35. The lowest BCUT2D eigenvalue weighted by molar-refractivity contribution is -0.139. The summed E-state index contributed by atoms with van der Waals surface area (Å²) >= 11 is 1.07. The Morgan fingerprint density at radius 2 is 2.00 bits per heavy atom. The fourth-order valence-electron chi connectivity index (χ4n) is 3.60. The SMILES string of the molecule is COC(=O)c1sc(-n2cnc3ccc(CC#N)cc32)cc1O[C@H](C)c1ccccc1C(F)(F)F. The van der Waals surface area contributed by atoms with Gasteiger partial charge in [0.15, 0.2) is 4.88 Å². The van der Waals surface area contributed by atoms with E-state index in [1.807, 2.05) is 12.1 Å². The summed E-state index contributed by atoms with van der Waals surface area (Å²) in [5, 5.41) is 9.55. The molecule has 0 saturated carbocycles. The topological polar surface area (TPSA) is 77.1 Å². The summed E-state index contributed by atoms with van der Waals surface area (Å²) < 4.78 is 52.9. The smallest absolute Gasteiger partial charge is 0.416 e. The molecule has 0 spiro atoms. The van der Waals surface area contributed by atoms with Gasteiger partial charge in [-0.1, -0.05) is 24.3 Å². The van der Waals surface area contributed by atoms with Crippen LogP contribution in [0.3, 0.4) is 0 Å². The van der Waals surface area contributed by atoms with Crippen LogP contribution in [0, 0.1) is 11.3 Å². The molecule has 4 rings (SSSR count). The van der Waals surface area contributed by atoms with Crippen molar-refractivity contribution in [1.82, 2.24) is 9.55 Å². The van der Waals surface area contributed by atoms with E-state index < -0.39 is 23.8 Å². The second-order valence-corrected chi connectivity index (χ2v) is 8.42. The Bertz CT molecular complexity index is 1400. The highest BCUT2D eigenvalue weighted by molar-refractivity contribution is 7.16. The fourth-order valence-corrected chi connectivity index (χ4v) is 4.59. The first-order valence-electron chi connectivity index (χ1n) is 10.1. The number of ether oxygens (including phenoxy) is 2. The van der Waals surface area contributed by atoms with Crippen LogP contribution in [0.15, 0.2) is 54.9 Å². The Kier molecular flexibility index (Phi) is 6.30. The van der Waals surface area contributed by atoms with Crippen LogP contribution in [0.25, 0.3) is 16.0 Å². The van der Waals surface area contributed by atoms with E-state index in [0.29, 0.717) is 16.0 Å². The van der Waals surface area contributed by atoms with Gasteiger partial charge in [0.1, 0.15) is 23.2 Å². The molecule has 6 nitrogen and oxygen atoms in total. The summed E-state index contributed by atoms with van der Waals surface area (Å²) in [5.74, 6) is -0.566. The summed E-state index contributed by atoms with van der Waals surface area (Å²) in [6.45, 7) is 1.49. The average molecular weight is 485 g/mol. The minimum Gasteiger partial charge on any atom is -0.484 e. The van der Waals surface area contributed by atoms with E-state index in [9.17, 15) is 18.0 Å². The highest BCUT2D eigenvalue weighted by Crippen LogP contribution is 2.39. The number of methoxy groups -OCH3 is 1. The molecule has 10 heteroatoms. The summed E-state index contributed by atoms with van der Waals surface area (Å²) in [6, 6.07) is 14.3. The van der Waals surface area contributed by atoms with Gasteiger partial charge in [0.25, 0.3) is 0 Å². The molecule has 2 aromatic heterocycles. The maximum Gasteiger partial charge on any atom is 0.416 e. The molecule has 34 heavy (non-hydrogen) atoms. The fraction of sp³-hybridized carbons (Fsp3) is 0.208. The number of carbonyl (C=O) groups excluding carboxylic acids is 1. The van der Waals surface area contributed by atoms with Gasteiger partial charge >= 0.3 is 12.1 Å². The number of nitrogens with zero attached hydrogens (tertiary/aromatic N) is 3. The van der Waals surface area contributed by atoms with Crippen LogP contribution in [0.2, 0.25) is 0 Å². The van der Waals surface area contributed by atoms with Crippen molar-refractivity contribution >= 4 is 28.3 Å². The van der Waals surface area contributed by atoms with Crippen molar-refractivity contribution in [2.75, 3.05) is 7.11 Å². The van der Waals surface area contributed by atoms with Gasteiger partial charge in [0.2, 0.25) is 0 Å². The van der Waals surface area contributed by atoms with Crippen LogP contribution in [0.1, 0.15) is 39.4 Å². The number of hydrogen-bond donors (Lipinski definition) is 0. The number of thiophene rings is 1. The van der Waals surface area contributed by atoms with Crippen LogP contribution in [-0.2, 0) is 17.3 Å². The lowest BCUT2D eigenvalue weighted by Crippen LogP contribution is -2.14. The third-order valence-electron chi connectivity index (χ3n) is 5.20. The Morgan fingerprint density at radius 3 is 2.71 bits per heavy atom. The lowest BCUT2D eigenvalue weighted by atomic mass is 10.0. The van der Waals surface area contributed by atoms with Gasteiger partial charge in [-0.2, -0.15) is 18.4 Å². The normalized spacial score (nSPS) is 12.4. The minimum atomic E-state index is -4.55. The molecule has 0 aliphatic carbocycles. The van der Waals surface area contributed by atoms with Crippen molar-refractivity contribution in [2.24, 2.45) is 0 Å². The van der Waals surface area contributed by atoms with Crippen molar-refractivity contribution in [3.8, 4) is 16.8 Å². The number of aromatic nitrogens is 2. The van der Waals surface area contributed by atoms with Crippen LogP contribution >= 0.6 is 11.3 Å². The van der Waals surface area contributed by atoms with Crippen LogP contribution in [0.5, 0.6) is 5.75 Å². The molecule has 0 N–H and O–H groups in total. The molecular weight excluding hydrogens is 467 g/mol. The number of hydrogen-bond acceptors (Lipinski definition) is 6. The number of esters is 1. The molecule has 2 heterocycles. The van der Waals surface area contributed by atoms with E-state index >= 15 is 0 Å². The summed E-state index contributed by atoms with van der Waals surface area (Å²) in [7, 11) is 1.22. The zero-order valence-electron chi connectivity index (χ0n) is 18.1. The highest BCUT2D eigenvalue weighted by atomic mass is 32.1. The zero-order chi connectivity index (χ0) is 24.5. The first-order valence-corrected chi connectivity index (χ1v) is 10.9. The predicted octanol–water partition coefficient (Wildman–Crippen LogP) is 6.10. The molecule has 0 saturated heterocycles. The number of benzene rings is 2. The van der Waals surface area contributed by atoms with Gasteiger partial charge in [-0.3, -0.25) is 4.57 Å². The molecule has 1 atom stereocenters. The van der Waals surface area contributed by atoms with E-state index in [2.05, 4.69) is 11.1 Å². The number of fused-ring (bicyclic) bond motifs is 1. The Morgan fingerprint density at radius 1 is 1.24 bits per heavy atom. The molecule has 0 fully saturated rings. The van der Waals surface area contributed by atoms with E-state index in [4.69, 9.17) is 14.7 Å². The third-order valence-corrected chi connectivity index (χ3v) is 6.29. The minimum absolute atomic E-state index is 0.0483. The predicted molar refractivity (Wildman–Crippen MR) is 120 cm³/mol. The van der Waals surface area contributed by atoms with Gasteiger partial charge in [0, 0.05) is 11.6 Å². The number of imidazole rings is 1. The standard InChI is InChI=1S/C24H18F3N3O3S/c1-14(16-5-3-4-6-17(16)24(25,26)27)33-20-12-21(34-22(20)23(31)32-2)30-13-29-18-8-7-15(9-10-28)11-19(18)30/h3-8,11-14H,9H2,1-2H3/t14-/m1/s1. The van der Waals surface area contributed by atoms with Gasteiger partial charge in [0.05, 0.1) is 36.2 Å². The van der Waals surface area contributed by atoms with Crippen molar-refractivity contribution in [2.45, 2.75) is 25.6 Å². The van der Waals surface area contributed by atoms with Gasteiger partial charge in [-0.05, 0) is 30.7 Å².